The van der Waals surface area contributed by atoms with Gasteiger partial charge in [0.25, 0.3) is 5.88 Å². The van der Waals surface area contributed by atoms with Gasteiger partial charge in [0, 0.05) is 5.92 Å². The fourth-order valence-electron chi connectivity index (χ4n) is 2.49. The summed E-state index contributed by atoms with van der Waals surface area (Å²) < 4.78 is 21.7. The zero-order chi connectivity index (χ0) is 17.6. The van der Waals surface area contributed by atoms with E-state index < -0.39 is 0 Å². The van der Waals surface area contributed by atoms with Gasteiger partial charge >= 0.3 is 0 Å². The molecule has 25 heavy (non-hydrogen) atoms. The summed E-state index contributed by atoms with van der Waals surface area (Å²) in [5.74, 6) is 2.30. The van der Waals surface area contributed by atoms with E-state index in [1.165, 1.54) is 11.8 Å². The van der Waals surface area contributed by atoms with Crippen LogP contribution in [0.5, 0.6) is 11.6 Å². The Balaban J connectivity index is 1.63. The Morgan fingerprint density at radius 2 is 2.12 bits per heavy atom. The number of benzene rings is 1. The van der Waals surface area contributed by atoms with Crippen molar-refractivity contribution in [2.24, 2.45) is 10.9 Å². The average molecular weight is 362 g/mol. The van der Waals surface area contributed by atoms with Crippen LogP contribution in [0.15, 0.2) is 39.8 Å². The topological polar surface area (TPSA) is 66.1 Å². The second kappa shape index (κ2) is 8.40. The van der Waals surface area contributed by atoms with Crippen LogP contribution in [0.25, 0.3) is 0 Å². The minimum absolute atomic E-state index is 0.163. The molecule has 0 spiro atoms. The molecule has 0 bridgehead atoms. The molecule has 2 heterocycles. The minimum Gasteiger partial charge on any atom is -0.497 e. The Labute approximate surface area is 151 Å². The summed E-state index contributed by atoms with van der Waals surface area (Å²) in [6, 6.07) is 9.65. The van der Waals surface area contributed by atoms with Gasteiger partial charge < -0.3 is 18.7 Å². The number of rotatable bonds is 6. The maximum atomic E-state index is 5.70. The molecule has 3 rings (SSSR count). The van der Waals surface area contributed by atoms with Crippen molar-refractivity contribution in [2.75, 3.05) is 26.6 Å². The molecular formula is C18H22N2O4S. The van der Waals surface area contributed by atoms with Crippen LogP contribution in [0.2, 0.25) is 0 Å². The first-order valence-electron chi connectivity index (χ1n) is 8.12. The van der Waals surface area contributed by atoms with Gasteiger partial charge in [-0.05, 0) is 29.1 Å². The summed E-state index contributed by atoms with van der Waals surface area (Å²) in [4.78, 5) is 4.75. The second-order valence-corrected chi connectivity index (χ2v) is 6.68. The van der Waals surface area contributed by atoms with Crippen molar-refractivity contribution in [1.29, 1.82) is 0 Å². The third-order valence-corrected chi connectivity index (χ3v) is 4.74. The third kappa shape index (κ3) is 4.55. The van der Waals surface area contributed by atoms with Crippen LogP contribution in [0.4, 0.5) is 0 Å². The van der Waals surface area contributed by atoms with Crippen LogP contribution >= 0.6 is 11.8 Å². The lowest BCUT2D eigenvalue weighted by atomic mass is 10.1. The van der Waals surface area contributed by atoms with E-state index in [1.807, 2.05) is 30.5 Å². The lowest BCUT2D eigenvalue weighted by Crippen LogP contribution is -2.15. The predicted molar refractivity (Wildman–Crippen MR) is 97.7 cm³/mol. The summed E-state index contributed by atoms with van der Waals surface area (Å²) in [5.41, 5.74) is 1.03. The van der Waals surface area contributed by atoms with Crippen molar-refractivity contribution in [2.45, 2.75) is 19.6 Å². The van der Waals surface area contributed by atoms with E-state index in [9.17, 15) is 0 Å². The Morgan fingerprint density at radius 1 is 1.32 bits per heavy atom. The highest BCUT2D eigenvalue weighted by Crippen LogP contribution is 2.23. The lowest BCUT2D eigenvalue weighted by Gasteiger charge is -2.08. The largest absolute Gasteiger partial charge is 0.497 e. The standard InChI is InChI=1S/C18H22N2O4S/c1-12-9-22-11-15(12)19-18(25-3)16-8-17(20-24-16)23-10-13-4-6-14(21-2)7-5-13/h4-8,12,15H,9-11H2,1-3H3/t12-,15+/m1/s1. The van der Waals surface area contributed by atoms with Crippen LogP contribution in [-0.4, -0.2) is 42.8 Å². The van der Waals surface area contributed by atoms with Crippen molar-refractivity contribution >= 4 is 16.8 Å². The maximum absolute atomic E-state index is 5.70. The molecule has 0 unspecified atom stereocenters. The number of ether oxygens (including phenoxy) is 3. The van der Waals surface area contributed by atoms with Gasteiger partial charge in [0.1, 0.15) is 17.4 Å². The van der Waals surface area contributed by atoms with Gasteiger partial charge in [-0.3, -0.25) is 4.99 Å². The molecule has 1 aromatic carbocycles. The molecule has 134 valence electrons. The van der Waals surface area contributed by atoms with Gasteiger partial charge in [-0.1, -0.05) is 19.1 Å². The van der Waals surface area contributed by atoms with Gasteiger partial charge in [-0.15, -0.1) is 11.8 Å². The Morgan fingerprint density at radius 3 is 2.76 bits per heavy atom. The first kappa shape index (κ1) is 17.8. The van der Waals surface area contributed by atoms with Crippen LogP contribution in [0.1, 0.15) is 18.2 Å². The Hall–Kier alpha value is -1.99. The van der Waals surface area contributed by atoms with E-state index in [-0.39, 0.29) is 6.04 Å². The molecule has 6 nitrogen and oxygen atoms in total. The van der Waals surface area contributed by atoms with Gasteiger partial charge in [0.05, 0.1) is 32.4 Å². The normalized spacial score (nSPS) is 20.7. The van der Waals surface area contributed by atoms with E-state index >= 15 is 0 Å². The van der Waals surface area contributed by atoms with Crippen LogP contribution in [0.3, 0.4) is 0 Å². The molecule has 1 saturated heterocycles. The number of hydrogen-bond donors (Lipinski definition) is 0. The molecule has 1 fully saturated rings. The first-order chi connectivity index (χ1) is 12.2. The number of aliphatic imine (C=N–C) groups is 1. The fourth-order valence-corrected chi connectivity index (χ4v) is 3.03. The molecular weight excluding hydrogens is 340 g/mol. The van der Waals surface area contributed by atoms with E-state index in [0.717, 1.165) is 23.0 Å². The molecule has 1 aliphatic heterocycles. The van der Waals surface area contributed by atoms with Crippen LogP contribution < -0.4 is 9.47 Å². The second-order valence-electron chi connectivity index (χ2n) is 5.89. The highest BCUT2D eigenvalue weighted by atomic mass is 32.2. The number of methoxy groups -OCH3 is 1. The van der Waals surface area contributed by atoms with E-state index in [1.54, 1.807) is 13.2 Å². The molecule has 0 saturated carbocycles. The molecule has 0 radical (unpaired) electrons. The maximum Gasteiger partial charge on any atom is 0.255 e. The van der Waals surface area contributed by atoms with Crippen molar-refractivity contribution in [1.82, 2.24) is 5.16 Å². The van der Waals surface area contributed by atoms with Gasteiger partial charge in [0.2, 0.25) is 0 Å². The van der Waals surface area contributed by atoms with E-state index in [2.05, 4.69) is 12.1 Å². The zero-order valence-corrected chi connectivity index (χ0v) is 15.4. The highest BCUT2D eigenvalue weighted by Gasteiger charge is 2.25. The summed E-state index contributed by atoms with van der Waals surface area (Å²) in [6.07, 6.45) is 1.97. The summed E-state index contributed by atoms with van der Waals surface area (Å²) >= 11 is 1.54. The summed E-state index contributed by atoms with van der Waals surface area (Å²) in [7, 11) is 1.64. The average Bonchev–Trinajstić information content (AvgIpc) is 3.27. The van der Waals surface area contributed by atoms with E-state index in [4.69, 9.17) is 23.7 Å². The fraction of sp³-hybridized carbons (Fsp3) is 0.444. The molecule has 1 aliphatic rings. The predicted octanol–water partition coefficient (Wildman–Crippen LogP) is 3.41. The number of hydrogen-bond acceptors (Lipinski definition) is 7. The molecule has 0 N–H and O–H groups in total. The molecule has 2 aromatic rings. The molecule has 0 amide bonds. The Kier molecular flexibility index (Phi) is 5.99. The van der Waals surface area contributed by atoms with Gasteiger partial charge in [0.15, 0.2) is 5.76 Å². The summed E-state index contributed by atoms with van der Waals surface area (Å²) in [5, 5.41) is 4.79. The molecule has 2 atom stereocenters. The van der Waals surface area contributed by atoms with Crippen molar-refractivity contribution in [3.05, 3.63) is 41.7 Å². The van der Waals surface area contributed by atoms with Gasteiger partial charge in [-0.25, -0.2) is 0 Å². The SMILES string of the molecule is COc1ccc(COc2cc(C(=N[C@H]3COC[C@H]3C)SC)on2)cc1. The van der Waals surface area contributed by atoms with E-state index in [0.29, 0.717) is 30.8 Å². The smallest absolute Gasteiger partial charge is 0.255 e. The number of thioether (sulfide) groups is 1. The molecule has 7 heteroatoms. The first-order valence-corrected chi connectivity index (χ1v) is 9.34. The van der Waals surface area contributed by atoms with Crippen molar-refractivity contribution in [3.8, 4) is 11.6 Å². The minimum atomic E-state index is 0.163. The lowest BCUT2D eigenvalue weighted by molar-refractivity contribution is 0.186. The zero-order valence-electron chi connectivity index (χ0n) is 14.6. The van der Waals surface area contributed by atoms with Crippen LogP contribution in [-0.2, 0) is 11.3 Å². The number of aromatic nitrogens is 1. The van der Waals surface area contributed by atoms with Crippen molar-refractivity contribution in [3.63, 3.8) is 0 Å². The van der Waals surface area contributed by atoms with Crippen LogP contribution in [0, 0.1) is 5.92 Å². The monoisotopic (exact) mass is 362 g/mol. The van der Waals surface area contributed by atoms with Gasteiger partial charge in [-0.2, -0.15) is 0 Å². The summed E-state index contributed by atoms with van der Waals surface area (Å²) in [6.45, 7) is 3.96. The molecule has 0 aliphatic carbocycles. The highest BCUT2D eigenvalue weighted by molar-refractivity contribution is 8.13. The molecule has 1 aromatic heterocycles. The number of nitrogens with zero attached hydrogens (tertiary/aromatic N) is 2. The third-order valence-electron chi connectivity index (χ3n) is 4.05. The Bertz CT molecular complexity index is 714. The van der Waals surface area contributed by atoms with Crippen molar-refractivity contribution < 1.29 is 18.7 Å². The quantitative estimate of drug-likeness (QED) is 0.580.